The summed E-state index contributed by atoms with van der Waals surface area (Å²) >= 11 is 0. The molecule has 0 amide bonds. The predicted octanol–water partition coefficient (Wildman–Crippen LogP) is 3.57. The highest BCUT2D eigenvalue weighted by Crippen LogP contribution is 2.52. The first-order valence-electron chi connectivity index (χ1n) is 6.66. The van der Waals surface area contributed by atoms with Crippen molar-refractivity contribution >= 4 is 13.3 Å². The lowest BCUT2D eigenvalue weighted by Gasteiger charge is -2.17. The van der Waals surface area contributed by atoms with Crippen molar-refractivity contribution in [3.63, 3.8) is 0 Å². The fourth-order valence-corrected chi connectivity index (χ4v) is 3.55. The van der Waals surface area contributed by atoms with E-state index in [9.17, 15) is 13.9 Å². The van der Waals surface area contributed by atoms with Gasteiger partial charge < -0.3 is 13.8 Å². The molecule has 0 aliphatic rings. The topological polar surface area (TPSA) is 74.1 Å². The van der Waals surface area contributed by atoms with Gasteiger partial charge in [-0.2, -0.15) is 0 Å². The van der Waals surface area contributed by atoms with Crippen molar-refractivity contribution in [3.8, 4) is 5.75 Å². The van der Waals surface area contributed by atoms with Crippen molar-refractivity contribution in [2.75, 3.05) is 27.4 Å². The molecule has 0 heterocycles. The number of benzene rings is 1. The lowest BCUT2D eigenvalue weighted by atomic mass is 10.2. The van der Waals surface area contributed by atoms with Gasteiger partial charge in [-0.25, -0.2) is 9.23 Å². The van der Waals surface area contributed by atoms with Gasteiger partial charge in [-0.05, 0) is 13.8 Å². The Kier molecular flexibility index (Phi) is 6.93. The molecular weight excluding hydrogens is 316 g/mol. The highest BCUT2D eigenvalue weighted by molar-refractivity contribution is 7.53. The van der Waals surface area contributed by atoms with E-state index in [4.69, 9.17) is 13.8 Å². The second kappa shape index (κ2) is 8.22. The first-order chi connectivity index (χ1) is 10.4. The van der Waals surface area contributed by atoms with Crippen LogP contribution in [-0.2, 0) is 24.6 Å². The van der Waals surface area contributed by atoms with Crippen LogP contribution in [0, 0.1) is 10.7 Å². The van der Waals surface area contributed by atoms with E-state index in [1.165, 1.54) is 20.3 Å². The maximum Gasteiger partial charge on any atom is 0.358 e. The standard InChI is InChI=1S/C13H20FNO6P/c1-5-20-22(17,21-6-2)9-10-7-12(15(16)19-4)13(18-3)8-11(10)14/h7-8H,5-6,9H2,1-4H3/q+1. The van der Waals surface area contributed by atoms with E-state index in [1.54, 1.807) is 13.8 Å². The number of hydrogen-bond donors (Lipinski definition) is 0. The molecule has 0 unspecified atom stereocenters. The molecule has 0 spiro atoms. The molecule has 124 valence electrons. The highest BCUT2D eigenvalue weighted by Gasteiger charge is 2.30. The lowest BCUT2D eigenvalue weighted by Crippen LogP contribution is -2.05. The molecule has 7 nitrogen and oxygen atoms in total. The smallest absolute Gasteiger partial charge is 0.358 e. The summed E-state index contributed by atoms with van der Waals surface area (Å²) in [5.41, 5.74) is -0.0279. The minimum Gasteiger partial charge on any atom is -0.490 e. The van der Waals surface area contributed by atoms with Gasteiger partial charge >= 0.3 is 13.3 Å². The van der Waals surface area contributed by atoms with Crippen LogP contribution < -0.4 is 4.74 Å². The molecule has 1 aromatic rings. The molecular formula is C13H20FNO6P+. The highest BCUT2D eigenvalue weighted by atomic mass is 31.2. The molecule has 0 aliphatic heterocycles. The summed E-state index contributed by atoms with van der Waals surface area (Å²) < 4.78 is 41.8. The third kappa shape index (κ3) is 4.50. The fourth-order valence-electron chi connectivity index (χ4n) is 1.84. The van der Waals surface area contributed by atoms with E-state index < -0.39 is 13.4 Å². The lowest BCUT2D eigenvalue weighted by molar-refractivity contribution is -0.736. The van der Waals surface area contributed by atoms with Crippen LogP contribution in [0.4, 0.5) is 10.1 Å². The van der Waals surface area contributed by atoms with Crippen LogP contribution >= 0.6 is 7.60 Å². The maximum atomic E-state index is 14.1. The Balaban J connectivity index is 3.23. The minimum absolute atomic E-state index is 0.000696. The number of hydrogen-bond acceptors (Lipinski definition) is 6. The van der Waals surface area contributed by atoms with Crippen LogP contribution in [0.15, 0.2) is 12.1 Å². The van der Waals surface area contributed by atoms with E-state index in [2.05, 4.69) is 4.84 Å². The van der Waals surface area contributed by atoms with Gasteiger partial charge in [-0.1, -0.05) is 0 Å². The van der Waals surface area contributed by atoms with Gasteiger partial charge in [0.05, 0.1) is 31.4 Å². The number of rotatable bonds is 9. The molecule has 0 atom stereocenters. The van der Waals surface area contributed by atoms with Crippen molar-refractivity contribution in [1.29, 1.82) is 0 Å². The van der Waals surface area contributed by atoms with Crippen molar-refractivity contribution in [2.45, 2.75) is 20.0 Å². The Morgan fingerprint density at radius 2 is 1.77 bits per heavy atom. The molecule has 0 saturated heterocycles. The summed E-state index contributed by atoms with van der Waals surface area (Å²) in [5, 5.41) is 0. The van der Waals surface area contributed by atoms with Crippen LogP contribution in [0.25, 0.3) is 0 Å². The summed E-state index contributed by atoms with van der Waals surface area (Å²) in [6, 6.07) is 2.23. The molecule has 0 fully saturated rings. The summed E-state index contributed by atoms with van der Waals surface area (Å²) in [7, 11) is -1.03. The number of methoxy groups -OCH3 is 1. The van der Waals surface area contributed by atoms with Crippen LogP contribution in [0.1, 0.15) is 19.4 Å². The SMILES string of the molecule is CCOP(=O)(Cc1cc([N+](=O)OC)c(OC)cc1F)OCC. The van der Waals surface area contributed by atoms with Crippen molar-refractivity contribution in [1.82, 2.24) is 0 Å². The van der Waals surface area contributed by atoms with Crippen LogP contribution in [0.2, 0.25) is 0 Å². The zero-order chi connectivity index (χ0) is 16.8. The second-order valence-corrected chi connectivity index (χ2v) is 6.21. The molecule has 0 bridgehead atoms. The normalized spacial score (nSPS) is 11.3. The van der Waals surface area contributed by atoms with Crippen LogP contribution in [0.3, 0.4) is 0 Å². The van der Waals surface area contributed by atoms with Gasteiger partial charge in [0.25, 0.3) is 4.92 Å². The van der Waals surface area contributed by atoms with Gasteiger partial charge in [0, 0.05) is 17.7 Å². The van der Waals surface area contributed by atoms with E-state index in [0.29, 0.717) is 0 Å². The molecule has 1 rings (SSSR count). The predicted molar refractivity (Wildman–Crippen MR) is 77.8 cm³/mol. The quantitative estimate of drug-likeness (QED) is 0.507. The monoisotopic (exact) mass is 336 g/mol. The average Bonchev–Trinajstić information content (AvgIpc) is 2.48. The van der Waals surface area contributed by atoms with E-state index in [-0.39, 0.29) is 41.3 Å². The van der Waals surface area contributed by atoms with Crippen LogP contribution in [-0.4, -0.2) is 32.4 Å². The maximum absolute atomic E-state index is 14.1. The van der Waals surface area contributed by atoms with Crippen molar-refractivity contribution in [3.05, 3.63) is 28.4 Å². The van der Waals surface area contributed by atoms with E-state index in [0.717, 1.165) is 6.07 Å². The summed E-state index contributed by atoms with van der Waals surface area (Å²) in [6.45, 7) is 3.64. The molecule has 0 N–H and O–H groups in total. The molecule has 0 saturated carbocycles. The molecule has 0 aromatic heterocycles. The molecule has 0 radical (unpaired) electrons. The Morgan fingerprint density at radius 1 is 1.18 bits per heavy atom. The third-order valence-electron chi connectivity index (χ3n) is 2.73. The Bertz CT molecular complexity index is 570. The third-order valence-corrected chi connectivity index (χ3v) is 4.76. The second-order valence-electron chi connectivity index (χ2n) is 4.16. The zero-order valence-corrected chi connectivity index (χ0v) is 13.9. The van der Waals surface area contributed by atoms with Crippen molar-refractivity contribution in [2.24, 2.45) is 0 Å². The molecule has 0 aliphatic carbocycles. The molecule has 1 aromatic carbocycles. The average molecular weight is 336 g/mol. The molecule has 9 heteroatoms. The minimum atomic E-state index is -3.49. The zero-order valence-electron chi connectivity index (χ0n) is 13.0. The van der Waals surface area contributed by atoms with E-state index in [1.807, 2.05) is 0 Å². The van der Waals surface area contributed by atoms with Gasteiger partial charge in [-0.3, -0.25) is 4.57 Å². The Hall–Kier alpha value is -1.50. The number of nitrogens with zero attached hydrogens (tertiary/aromatic N) is 1. The van der Waals surface area contributed by atoms with Crippen LogP contribution in [0.5, 0.6) is 5.75 Å². The first-order valence-corrected chi connectivity index (χ1v) is 8.39. The van der Waals surface area contributed by atoms with E-state index >= 15 is 0 Å². The van der Waals surface area contributed by atoms with Gasteiger partial charge in [0.15, 0.2) is 7.11 Å². The summed E-state index contributed by atoms with van der Waals surface area (Å²) in [5.74, 6) is -0.675. The summed E-state index contributed by atoms with van der Waals surface area (Å²) in [4.78, 5) is 16.4. The number of halogens is 1. The summed E-state index contributed by atoms with van der Waals surface area (Å²) in [6.07, 6.45) is -0.297. The molecule has 22 heavy (non-hydrogen) atoms. The largest absolute Gasteiger partial charge is 0.490 e. The fraction of sp³-hybridized carbons (Fsp3) is 0.538. The Labute approximate surface area is 128 Å². The Morgan fingerprint density at radius 3 is 2.23 bits per heavy atom. The number of ether oxygens (including phenoxy) is 1. The van der Waals surface area contributed by atoms with Gasteiger partial charge in [-0.15, -0.1) is 0 Å². The first kappa shape index (κ1) is 18.5. The van der Waals surface area contributed by atoms with Crippen molar-refractivity contribution < 1.29 is 32.5 Å². The van der Waals surface area contributed by atoms with Gasteiger partial charge in [0.2, 0.25) is 5.75 Å². The van der Waals surface area contributed by atoms with Gasteiger partial charge in [0.1, 0.15) is 5.82 Å².